The molecule has 0 unspecified atom stereocenters. The van der Waals surface area contributed by atoms with Gasteiger partial charge < -0.3 is 0 Å². The lowest BCUT2D eigenvalue weighted by atomic mass is 10.3. The number of carbonyl (C=O) groups excluding carboxylic acids is 1. The predicted molar refractivity (Wildman–Crippen MR) is 42.1 cm³/mol. The van der Waals surface area contributed by atoms with E-state index in [0.717, 1.165) is 0 Å². The molecule has 0 saturated carbocycles. The summed E-state index contributed by atoms with van der Waals surface area (Å²) in [5.41, 5.74) is 0.0228. The number of nitrogens with zero attached hydrogens (tertiary/aromatic N) is 1. The van der Waals surface area contributed by atoms with Gasteiger partial charge in [-0.15, -0.1) is 0 Å². The van der Waals surface area contributed by atoms with Gasteiger partial charge in [0, 0.05) is 6.20 Å². The molecule has 2 nitrogen and oxygen atoms in total. The van der Waals surface area contributed by atoms with Gasteiger partial charge in [0.15, 0.2) is 6.29 Å². The topological polar surface area (TPSA) is 30.0 Å². The first-order valence-corrected chi connectivity index (χ1v) is 3.38. The lowest BCUT2D eigenvalue weighted by Gasteiger charge is -1.92. The summed E-state index contributed by atoms with van der Waals surface area (Å²) >= 11 is 5.51. The van der Waals surface area contributed by atoms with E-state index in [1.807, 2.05) is 0 Å². The minimum absolute atomic E-state index is 0.0228. The highest BCUT2D eigenvalue weighted by molar-refractivity contribution is 6.30. The van der Waals surface area contributed by atoms with Crippen LogP contribution in [0.15, 0.2) is 12.3 Å². The van der Waals surface area contributed by atoms with Gasteiger partial charge in [-0.1, -0.05) is 17.5 Å². The second kappa shape index (κ2) is 3.84. The van der Waals surface area contributed by atoms with Crippen LogP contribution in [0, 0.1) is 17.8 Å². The SMILES string of the molecule is O=CC#Cc1cc(Cl)cnc1F. The third-order valence-corrected chi connectivity index (χ3v) is 1.28. The van der Waals surface area contributed by atoms with Crippen molar-refractivity contribution in [1.82, 2.24) is 4.98 Å². The summed E-state index contributed by atoms with van der Waals surface area (Å²) in [6.45, 7) is 0. The van der Waals surface area contributed by atoms with Crippen molar-refractivity contribution in [3.63, 3.8) is 0 Å². The molecule has 12 heavy (non-hydrogen) atoms. The Morgan fingerprint density at radius 2 is 2.42 bits per heavy atom. The molecule has 4 heteroatoms. The van der Waals surface area contributed by atoms with E-state index in [4.69, 9.17) is 11.6 Å². The fourth-order valence-corrected chi connectivity index (χ4v) is 0.775. The van der Waals surface area contributed by atoms with Crippen LogP contribution in [0.3, 0.4) is 0 Å². The highest BCUT2D eigenvalue weighted by Crippen LogP contribution is 2.10. The average Bonchev–Trinajstić information content (AvgIpc) is 2.07. The van der Waals surface area contributed by atoms with Crippen LogP contribution >= 0.6 is 11.6 Å². The maximum absolute atomic E-state index is 12.7. The predicted octanol–water partition coefficient (Wildman–Crippen LogP) is 1.42. The number of aldehydes is 1. The van der Waals surface area contributed by atoms with Crippen LogP contribution in [-0.2, 0) is 4.79 Å². The lowest BCUT2D eigenvalue weighted by Crippen LogP contribution is -1.87. The number of halogens is 2. The van der Waals surface area contributed by atoms with Crippen molar-refractivity contribution in [2.24, 2.45) is 0 Å². The van der Waals surface area contributed by atoms with Crippen molar-refractivity contribution in [3.05, 3.63) is 28.8 Å². The standard InChI is InChI=1S/C8H3ClFNO/c9-7-4-6(2-1-3-12)8(10)11-5-7/h3-5H. The van der Waals surface area contributed by atoms with Crippen LogP contribution in [0.2, 0.25) is 5.02 Å². The Morgan fingerprint density at radius 3 is 3.08 bits per heavy atom. The van der Waals surface area contributed by atoms with Gasteiger partial charge in [0.05, 0.1) is 10.6 Å². The largest absolute Gasteiger partial charge is 0.289 e. The fourth-order valence-electron chi connectivity index (χ4n) is 0.617. The molecule has 0 bridgehead atoms. The Balaban J connectivity index is 3.13. The molecule has 0 atom stereocenters. The minimum Gasteiger partial charge on any atom is -0.289 e. The van der Waals surface area contributed by atoms with Gasteiger partial charge in [-0.05, 0) is 12.0 Å². The molecule has 0 aliphatic rings. The van der Waals surface area contributed by atoms with Crippen molar-refractivity contribution in [1.29, 1.82) is 0 Å². The molecule has 0 radical (unpaired) electrons. The Hall–Kier alpha value is -1.40. The lowest BCUT2D eigenvalue weighted by molar-refractivity contribution is -0.103. The summed E-state index contributed by atoms with van der Waals surface area (Å²) in [6.07, 6.45) is 1.54. The number of carbonyl (C=O) groups is 1. The average molecular weight is 184 g/mol. The zero-order valence-corrected chi connectivity index (χ0v) is 6.60. The molecule has 0 fully saturated rings. The Bertz CT molecular complexity index is 367. The summed E-state index contributed by atoms with van der Waals surface area (Å²) in [7, 11) is 0. The van der Waals surface area contributed by atoms with Gasteiger partial charge >= 0.3 is 0 Å². The summed E-state index contributed by atoms with van der Waals surface area (Å²) in [5.74, 6) is 3.60. The number of rotatable bonds is 0. The maximum Gasteiger partial charge on any atom is 0.228 e. The van der Waals surface area contributed by atoms with E-state index >= 15 is 0 Å². The molecule has 1 aromatic heterocycles. The highest BCUT2D eigenvalue weighted by atomic mass is 35.5. The van der Waals surface area contributed by atoms with Crippen LogP contribution in [0.1, 0.15) is 5.56 Å². The van der Waals surface area contributed by atoms with E-state index in [2.05, 4.69) is 16.8 Å². The third-order valence-electron chi connectivity index (χ3n) is 1.07. The molecular formula is C8H3ClFNO. The minimum atomic E-state index is -0.728. The number of hydrogen-bond acceptors (Lipinski definition) is 2. The van der Waals surface area contributed by atoms with E-state index < -0.39 is 5.95 Å². The first kappa shape index (κ1) is 8.69. The molecule has 1 aromatic rings. The highest BCUT2D eigenvalue weighted by Gasteiger charge is 1.99. The van der Waals surface area contributed by atoms with Gasteiger partial charge in [0.2, 0.25) is 5.95 Å². The van der Waals surface area contributed by atoms with E-state index in [1.165, 1.54) is 12.3 Å². The van der Waals surface area contributed by atoms with Gasteiger partial charge in [0.1, 0.15) is 0 Å². The second-order valence-electron chi connectivity index (χ2n) is 1.88. The quantitative estimate of drug-likeness (QED) is 0.346. The zero-order chi connectivity index (χ0) is 8.97. The molecule has 0 N–H and O–H groups in total. The number of pyridine rings is 1. The Labute approximate surface area is 73.4 Å². The van der Waals surface area contributed by atoms with Crippen LogP contribution in [0.25, 0.3) is 0 Å². The smallest absolute Gasteiger partial charge is 0.228 e. The van der Waals surface area contributed by atoms with Crippen LogP contribution < -0.4 is 0 Å². The Morgan fingerprint density at radius 1 is 1.67 bits per heavy atom. The molecule has 1 heterocycles. The van der Waals surface area contributed by atoms with Gasteiger partial charge in [-0.3, -0.25) is 4.79 Å². The van der Waals surface area contributed by atoms with Crippen molar-refractivity contribution in [3.8, 4) is 11.8 Å². The molecule has 60 valence electrons. The van der Waals surface area contributed by atoms with Crippen molar-refractivity contribution < 1.29 is 9.18 Å². The molecular weight excluding hydrogens is 181 g/mol. The second-order valence-corrected chi connectivity index (χ2v) is 2.32. The van der Waals surface area contributed by atoms with E-state index in [1.54, 1.807) is 0 Å². The molecule has 0 spiro atoms. The number of aromatic nitrogens is 1. The summed E-state index contributed by atoms with van der Waals surface area (Å²) in [5, 5.41) is 0.284. The van der Waals surface area contributed by atoms with Crippen molar-refractivity contribution >= 4 is 17.9 Å². The van der Waals surface area contributed by atoms with E-state index in [-0.39, 0.29) is 10.6 Å². The number of hydrogen-bond donors (Lipinski definition) is 0. The first-order valence-electron chi connectivity index (χ1n) is 3.00. The first-order chi connectivity index (χ1) is 5.74. The van der Waals surface area contributed by atoms with Gasteiger partial charge in [-0.25, -0.2) is 4.98 Å². The Kier molecular flexibility index (Phi) is 2.78. The van der Waals surface area contributed by atoms with Crippen LogP contribution in [0.5, 0.6) is 0 Å². The van der Waals surface area contributed by atoms with Crippen molar-refractivity contribution in [2.45, 2.75) is 0 Å². The normalized spacial score (nSPS) is 8.50. The van der Waals surface area contributed by atoms with Crippen LogP contribution in [-0.4, -0.2) is 11.3 Å². The monoisotopic (exact) mass is 183 g/mol. The molecule has 0 aliphatic heterocycles. The van der Waals surface area contributed by atoms with E-state index in [9.17, 15) is 9.18 Å². The van der Waals surface area contributed by atoms with Crippen molar-refractivity contribution in [2.75, 3.05) is 0 Å². The van der Waals surface area contributed by atoms with Gasteiger partial charge in [-0.2, -0.15) is 4.39 Å². The maximum atomic E-state index is 12.7. The summed E-state index contributed by atoms with van der Waals surface area (Å²) in [6, 6.07) is 1.31. The van der Waals surface area contributed by atoms with Gasteiger partial charge in [0.25, 0.3) is 0 Å². The molecule has 0 aromatic carbocycles. The van der Waals surface area contributed by atoms with E-state index in [0.29, 0.717) is 6.29 Å². The molecule has 0 saturated heterocycles. The fraction of sp³-hybridized carbons (Fsp3) is 0. The molecule has 1 rings (SSSR count). The molecule has 0 aliphatic carbocycles. The summed E-state index contributed by atoms with van der Waals surface area (Å²) in [4.78, 5) is 13.1. The molecule has 0 amide bonds. The van der Waals surface area contributed by atoms with Crippen LogP contribution in [0.4, 0.5) is 4.39 Å². The summed E-state index contributed by atoms with van der Waals surface area (Å²) < 4.78 is 12.7. The zero-order valence-electron chi connectivity index (χ0n) is 5.84. The third kappa shape index (κ3) is 2.04.